The van der Waals surface area contributed by atoms with E-state index >= 15 is 0 Å². The molecule has 0 atom stereocenters. The van der Waals surface area contributed by atoms with Gasteiger partial charge in [-0.25, -0.2) is 4.72 Å². The summed E-state index contributed by atoms with van der Waals surface area (Å²) in [6.45, 7) is -0.164. The Morgan fingerprint density at radius 3 is 2.50 bits per heavy atom. The molecular weight excluding hydrogens is 156 g/mol. The first-order valence-corrected chi connectivity index (χ1v) is 3.97. The summed E-state index contributed by atoms with van der Waals surface area (Å²) in [6, 6.07) is 0. The van der Waals surface area contributed by atoms with Crippen LogP contribution >= 0.6 is 0 Å². The Morgan fingerprint density at radius 1 is 1.70 bits per heavy atom. The van der Waals surface area contributed by atoms with Crippen molar-refractivity contribution >= 4 is 16.0 Å². The molecule has 6 nitrogen and oxygen atoms in total. The van der Waals surface area contributed by atoms with Gasteiger partial charge >= 0.3 is 0 Å². The minimum Gasteiger partial charge on any atom is -0.387 e. The Morgan fingerprint density at radius 2 is 2.20 bits per heavy atom. The first-order valence-electron chi connectivity index (χ1n) is 2.49. The predicted octanol–water partition coefficient (Wildman–Crippen LogP) is -2.02. The zero-order valence-corrected chi connectivity index (χ0v) is 6.33. The highest BCUT2D eigenvalue weighted by Crippen LogP contribution is 1.70. The molecule has 0 saturated carbocycles. The lowest BCUT2D eigenvalue weighted by Gasteiger charge is -2.01. The van der Waals surface area contributed by atoms with Crippen molar-refractivity contribution in [3.8, 4) is 0 Å². The van der Waals surface area contributed by atoms with Crippen molar-refractivity contribution in [2.45, 2.75) is 0 Å². The van der Waals surface area contributed by atoms with Crippen molar-refractivity contribution in [2.75, 3.05) is 13.6 Å². The van der Waals surface area contributed by atoms with Gasteiger partial charge in [-0.05, 0) is 0 Å². The maximum absolute atomic E-state index is 10.5. The minimum atomic E-state index is -3.44. The molecule has 0 aromatic rings. The maximum atomic E-state index is 10.5. The molecule has 0 aromatic carbocycles. The standard InChI is InChI=1S/C3H10N4O2S/c1-6-10(8,9)7-2-3(4)5/h6-7H,2H2,1H3,(H3,4,5). The second kappa shape index (κ2) is 3.49. The molecule has 0 rings (SSSR count). The van der Waals surface area contributed by atoms with E-state index in [9.17, 15) is 8.42 Å². The fourth-order valence-electron chi connectivity index (χ4n) is 0.245. The summed E-state index contributed by atoms with van der Waals surface area (Å²) in [6.07, 6.45) is 0. The number of hydrogen-bond acceptors (Lipinski definition) is 3. The first-order chi connectivity index (χ1) is 4.48. The number of nitrogens with one attached hydrogen (secondary N) is 3. The summed E-state index contributed by atoms with van der Waals surface area (Å²) < 4.78 is 25.1. The van der Waals surface area contributed by atoms with E-state index in [1.807, 2.05) is 9.44 Å². The lowest BCUT2D eigenvalue weighted by molar-refractivity contribution is 0.578. The van der Waals surface area contributed by atoms with Gasteiger partial charge in [0, 0.05) is 7.05 Å². The van der Waals surface area contributed by atoms with Gasteiger partial charge in [-0.2, -0.15) is 13.1 Å². The molecule has 0 aromatic heterocycles. The Kier molecular flexibility index (Phi) is 3.26. The van der Waals surface area contributed by atoms with E-state index in [1.54, 1.807) is 0 Å². The van der Waals surface area contributed by atoms with E-state index < -0.39 is 10.2 Å². The highest BCUT2D eigenvalue weighted by atomic mass is 32.2. The number of nitrogens with two attached hydrogens (primary N) is 1. The van der Waals surface area contributed by atoms with Crippen LogP contribution < -0.4 is 15.2 Å². The number of amidine groups is 1. The Bertz CT molecular complexity index is 209. The first kappa shape index (κ1) is 9.34. The Hall–Kier alpha value is -0.660. The average molecular weight is 166 g/mol. The molecule has 0 amide bonds. The largest absolute Gasteiger partial charge is 0.387 e. The third-order valence-electron chi connectivity index (χ3n) is 0.721. The van der Waals surface area contributed by atoms with Gasteiger partial charge in [-0.3, -0.25) is 5.41 Å². The van der Waals surface area contributed by atoms with E-state index in [2.05, 4.69) is 0 Å². The van der Waals surface area contributed by atoms with Crippen LogP contribution in [0.3, 0.4) is 0 Å². The van der Waals surface area contributed by atoms with Crippen molar-refractivity contribution in [2.24, 2.45) is 5.73 Å². The van der Waals surface area contributed by atoms with Gasteiger partial charge in [0.25, 0.3) is 10.2 Å². The average Bonchev–Trinajstić information content (AvgIpc) is 1.85. The van der Waals surface area contributed by atoms with Crippen LogP contribution in [0.25, 0.3) is 0 Å². The van der Waals surface area contributed by atoms with Crippen LogP contribution in [0.5, 0.6) is 0 Å². The molecule has 10 heavy (non-hydrogen) atoms. The van der Waals surface area contributed by atoms with Crippen molar-refractivity contribution in [3.63, 3.8) is 0 Å². The fraction of sp³-hybridized carbons (Fsp3) is 0.667. The number of hydrogen-bond donors (Lipinski definition) is 4. The molecule has 0 saturated heterocycles. The van der Waals surface area contributed by atoms with Crippen molar-refractivity contribution in [3.05, 3.63) is 0 Å². The lowest BCUT2D eigenvalue weighted by atomic mass is 10.6. The molecule has 5 N–H and O–H groups in total. The molecule has 0 aliphatic heterocycles. The molecular formula is C3H10N4O2S. The molecule has 0 aliphatic carbocycles. The highest BCUT2D eigenvalue weighted by Gasteiger charge is 2.03. The molecule has 0 heterocycles. The summed E-state index contributed by atoms with van der Waals surface area (Å²) in [5, 5.41) is 6.67. The van der Waals surface area contributed by atoms with E-state index in [0.29, 0.717) is 0 Å². The summed E-state index contributed by atoms with van der Waals surface area (Å²) in [5.74, 6) is -0.223. The molecule has 0 bridgehead atoms. The Labute approximate surface area is 59.5 Å². The van der Waals surface area contributed by atoms with E-state index in [4.69, 9.17) is 11.1 Å². The van der Waals surface area contributed by atoms with Gasteiger partial charge in [0.2, 0.25) is 0 Å². The minimum absolute atomic E-state index is 0.164. The second-order valence-electron chi connectivity index (χ2n) is 1.55. The zero-order chi connectivity index (χ0) is 8.20. The van der Waals surface area contributed by atoms with Crippen LogP contribution in [-0.2, 0) is 10.2 Å². The SMILES string of the molecule is CNS(=O)(=O)NCC(=N)N. The van der Waals surface area contributed by atoms with Crippen LogP contribution in [0.1, 0.15) is 0 Å². The smallest absolute Gasteiger partial charge is 0.277 e. The van der Waals surface area contributed by atoms with Crippen molar-refractivity contribution < 1.29 is 8.42 Å². The van der Waals surface area contributed by atoms with Crippen LogP contribution in [0.4, 0.5) is 0 Å². The summed E-state index contributed by atoms with van der Waals surface area (Å²) in [4.78, 5) is 0. The quantitative estimate of drug-likeness (QED) is 0.286. The molecule has 0 radical (unpaired) electrons. The molecule has 7 heteroatoms. The maximum Gasteiger partial charge on any atom is 0.277 e. The molecule has 60 valence electrons. The van der Waals surface area contributed by atoms with Crippen LogP contribution in [-0.4, -0.2) is 27.8 Å². The summed E-state index contributed by atoms with van der Waals surface area (Å²) in [5.41, 5.74) is 4.88. The molecule has 0 spiro atoms. The third-order valence-corrected chi connectivity index (χ3v) is 1.78. The highest BCUT2D eigenvalue weighted by molar-refractivity contribution is 7.87. The van der Waals surface area contributed by atoms with Gasteiger partial charge < -0.3 is 5.73 Å². The van der Waals surface area contributed by atoms with E-state index in [1.165, 1.54) is 7.05 Å². The monoisotopic (exact) mass is 166 g/mol. The second-order valence-corrected chi connectivity index (χ2v) is 3.26. The van der Waals surface area contributed by atoms with Gasteiger partial charge in [0.1, 0.15) is 5.84 Å². The van der Waals surface area contributed by atoms with E-state index in [-0.39, 0.29) is 12.4 Å². The fourth-order valence-corrected chi connectivity index (χ4v) is 0.735. The summed E-state index contributed by atoms with van der Waals surface area (Å²) in [7, 11) is -2.17. The van der Waals surface area contributed by atoms with Gasteiger partial charge in [-0.1, -0.05) is 0 Å². The third kappa shape index (κ3) is 4.24. The Balaban J connectivity index is 3.81. The number of rotatable bonds is 4. The van der Waals surface area contributed by atoms with Gasteiger partial charge in [-0.15, -0.1) is 0 Å². The van der Waals surface area contributed by atoms with Crippen molar-refractivity contribution in [1.82, 2.24) is 9.44 Å². The van der Waals surface area contributed by atoms with Crippen molar-refractivity contribution in [1.29, 1.82) is 5.41 Å². The van der Waals surface area contributed by atoms with E-state index in [0.717, 1.165) is 0 Å². The normalized spacial score (nSPS) is 11.3. The lowest BCUT2D eigenvalue weighted by Crippen LogP contribution is -2.39. The topological polar surface area (TPSA) is 108 Å². The van der Waals surface area contributed by atoms with Crippen LogP contribution in [0.15, 0.2) is 0 Å². The van der Waals surface area contributed by atoms with Crippen LogP contribution in [0.2, 0.25) is 0 Å². The molecule has 0 aliphatic rings. The van der Waals surface area contributed by atoms with Crippen LogP contribution in [0, 0.1) is 5.41 Å². The van der Waals surface area contributed by atoms with Gasteiger partial charge in [0.05, 0.1) is 6.54 Å². The molecule has 0 unspecified atom stereocenters. The molecule has 0 fully saturated rings. The summed E-state index contributed by atoms with van der Waals surface area (Å²) >= 11 is 0. The van der Waals surface area contributed by atoms with Gasteiger partial charge in [0.15, 0.2) is 0 Å². The zero-order valence-electron chi connectivity index (χ0n) is 5.51. The predicted molar refractivity (Wildman–Crippen MR) is 37.9 cm³/mol.